The average Bonchev–Trinajstić information content (AvgIpc) is 2.68. The summed E-state index contributed by atoms with van der Waals surface area (Å²) >= 11 is 18.2. The van der Waals surface area contributed by atoms with Gasteiger partial charge in [0.05, 0.1) is 0 Å². The molecule has 0 saturated carbocycles. The summed E-state index contributed by atoms with van der Waals surface area (Å²) in [4.78, 5) is 0. The van der Waals surface area contributed by atoms with E-state index in [1.807, 2.05) is 48.5 Å². The van der Waals surface area contributed by atoms with Gasteiger partial charge in [-0.25, -0.2) is 0 Å². The van der Waals surface area contributed by atoms with Crippen molar-refractivity contribution in [3.63, 3.8) is 0 Å². The van der Waals surface area contributed by atoms with Crippen molar-refractivity contribution in [3.05, 3.63) is 69.3 Å². The maximum Gasteiger partial charge on any atom is 0.110 e. The number of nitrogens with zero attached hydrogens (tertiary/aromatic N) is 1. The molecule has 1 aromatic heterocycles. The molecule has 96 valence electrons. The molecule has 4 heteroatoms. The molecule has 3 rings (SSSR count). The highest BCUT2D eigenvalue weighted by Gasteiger charge is 2.08. The lowest BCUT2D eigenvalue weighted by molar-refractivity contribution is 0.838. The summed E-state index contributed by atoms with van der Waals surface area (Å²) in [6.45, 7) is 0.709. The molecule has 0 aliphatic carbocycles. The van der Waals surface area contributed by atoms with Gasteiger partial charge in [0.15, 0.2) is 0 Å². The van der Waals surface area contributed by atoms with Crippen LogP contribution in [-0.4, -0.2) is 4.57 Å². The van der Waals surface area contributed by atoms with Crippen molar-refractivity contribution in [2.75, 3.05) is 0 Å². The van der Waals surface area contributed by atoms with Gasteiger partial charge >= 0.3 is 0 Å². The van der Waals surface area contributed by atoms with Crippen molar-refractivity contribution < 1.29 is 0 Å². The minimum Gasteiger partial charge on any atom is -0.327 e. The van der Waals surface area contributed by atoms with Crippen LogP contribution in [0.15, 0.2) is 48.5 Å². The molecular formula is C15H10Cl3N. The average molecular weight is 311 g/mol. The van der Waals surface area contributed by atoms with Crippen LogP contribution in [0.1, 0.15) is 5.56 Å². The van der Waals surface area contributed by atoms with E-state index >= 15 is 0 Å². The first kappa shape index (κ1) is 12.9. The second-order valence-electron chi connectivity index (χ2n) is 4.38. The molecule has 0 unspecified atom stereocenters. The summed E-state index contributed by atoms with van der Waals surface area (Å²) in [5.41, 5.74) is 2.23. The first-order chi connectivity index (χ1) is 9.13. The molecule has 2 aromatic carbocycles. The van der Waals surface area contributed by atoms with E-state index in [0.29, 0.717) is 16.7 Å². The summed E-state index contributed by atoms with van der Waals surface area (Å²) in [5, 5.41) is 3.20. The summed E-state index contributed by atoms with van der Waals surface area (Å²) in [7, 11) is 0. The maximum absolute atomic E-state index is 6.29. The van der Waals surface area contributed by atoms with E-state index in [9.17, 15) is 0 Å². The highest BCUT2D eigenvalue weighted by atomic mass is 35.5. The minimum absolute atomic E-state index is 0.701. The second-order valence-corrected chi connectivity index (χ2v) is 5.64. The molecule has 0 saturated heterocycles. The summed E-state index contributed by atoms with van der Waals surface area (Å²) in [6.07, 6.45) is 0. The van der Waals surface area contributed by atoms with Gasteiger partial charge in [0, 0.05) is 27.5 Å². The van der Waals surface area contributed by atoms with Crippen LogP contribution in [0.25, 0.3) is 10.9 Å². The molecule has 0 fully saturated rings. The normalized spacial score (nSPS) is 11.1. The smallest absolute Gasteiger partial charge is 0.110 e. The summed E-state index contributed by atoms with van der Waals surface area (Å²) in [6, 6.07) is 15.5. The van der Waals surface area contributed by atoms with Crippen LogP contribution in [-0.2, 0) is 6.54 Å². The van der Waals surface area contributed by atoms with Crippen LogP contribution in [0.4, 0.5) is 0 Å². The Kier molecular flexibility index (Phi) is 3.44. The lowest BCUT2D eigenvalue weighted by Gasteiger charge is -2.07. The fraction of sp³-hybridized carbons (Fsp3) is 0.0667. The lowest BCUT2D eigenvalue weighted by atomic mass is 10.2. The standard InChI is InChI=1S/C15H10Cl3N/c16-12-3-1-10(2-4-12)9-19-14-6-5-13(17)7-11(14)8-15(19)18/h1-8H,9H2. The van der Waals surface area contributed by atoms with Crippen LogP contribution in [0.3, 0.4) is 0 Å². The van der Waals surface area contributed by atoms with Gasteiger partial charge in [-0.15, -0.1) is 0 Å². The molecule has 19 heavy (non-hydrogen) atoms. The zero-order chi connectivity index (χ0) is 13.4. The molecular weight excluding hydrogens is 301 g/mol. The highest BCUT2D eigenvalue weighted by Crippen LogP contribution is 2.27. The maximum atomic E-state index is 6.29. The number of benzene rings is 2. The Morgan fingerprint density at radius 3 is 2.21 bits per heavy atom. The predicted molar refractivity (Wildman–Crippen MR) is 82.5 cm³/mol. The van der Waals surface area contributed by atoms with Crippen molar-refractivity contribution in [2.45, 2.75) is 6.54 Å². The van der Waals surface area contributed by atoms with Crippen LogP contribution >= 0.6 is 34.8 Å². The molecule has 0 N–H and O–H groups in total. The van der Waals surface area contributed by atoms with Crippen molar-refractivity contribution >= 4 is 45.7 Å². The van der Waals surface area contributed by atoms with Crippen LogP contribution < -0.4 is 0 Å². The van der Waals surface area contributed by atoms with Crippen LogP contribution in [0, 0.1) is 0 Å². The molecule has 0 aliphatic heterocycles. The molecule has 0 spiro atoms. The van der Waals surface area contributed by atoms with E-state index in [1.54, 1.807) is 0 Å². The first-order valence-electron chi connectivity index (χ1n) is 5.82. The number of hydrogen-bond acceptors (Lipinski definition) is 0. The molecule has 0 radical (unpaired) electrons. The molecule has 0 aliphatic rings. The van der Waals surface area contributed by atoms with Crippen molar-refractivity contribution in [3.8, 4) is 0 Å². The molecule has 1 heterocycles. The molecule has 1 nitrogen and oxygen atoms in total. The fourth-order valence-electron chi connectivity index (χ4n) is 2.14. The zero-order valence-electron chi connectivity index (χ0n) is 9.91. The van der Waals surface area contributed by atoms with Gasteiger partial charge in [-0.3, -0.25) is 0 Å². The van der Waals surface area contributed by atoms with Gasteiger partial charge in [-0.05, 0) is 42.0 Å². The van der Waals surface area contributed by atoms with Gasteiger partial charge in [0.25, 0.3) is 0 Å². The van der Waals surface area contributed by atoms with Gasteiger partial charge < -0.3 is 4.57 Å². The third-order valence-corrected chi connectivity index (χ3v) is 3.87. The predicted octanol–water partition coefficient (Wildman–Crippen LogP) is 5.65. The number of hydrogen-bond donors (Lipinski definition) is 0. The first-order valence-corrected chi connectivity index (χ1v) is 6.95. The topological polar surface area (TPSA) is 4.93 Å². The van der Waals surface area contributed by atoms with Crippen molar-refractivity contribution in [2.24, 2.45) is 0 Å². The minimum atomic E-state index is 0.701. The summed E-state index contributed by atoms with van der Waals surface area (Å²) < 4.78 is 2.05. The molecule has 0 atom stereocenters. The highest BCUT2D eigenvalue weighted by molar-refractivity contribution is 6.32. The summed E-state index contributed by atoms with van der Waals surface area (Å²) in [5.74, 6) is 0. The van der Waals surface area contributed by atoms with Gasteiger partial charge in [0.2, 0.25) is 0 Å². The zero-order valence-corrected chi connectivity index (χ0v) is 12.2. The lowest BCUT2D eigenvalue weighted by Crippen LogP contribution is -1.99. The fourth-order valence-corrected chi connectivity index (χ4v) is 2.72. The van der Waals surface area contributed by atoms with E-state index < -0.39 is 0 Å². The SMILES string of the molecule is Clc1ccc(Cn2c(Cl)cc3cc(Cl)ccc32)cc1. The quantitative estimate of drug-likeness (QED) is 0.576. The van der Waals surface area contributed by atoms with E-state index in [1.165, 1.54) is 0 Å². The van der Waals surface area contributed by atoms with Gasteiger partial charge in [-0.1, -0.05) is 46.9 Å². The van der Waals surface area contributed by atoms with Gasteiger partial charge in [0.1, 0.15) is 5.15 Å². The molecule has 0 bridgehead atoms. The van der Waals surface area contributed by atoms with Crippen molar-refractivity contribution in [1.82, 2.24) is 4.57 Å². The van der Waals surface area contributed by atoms with E-state index in [4.69, 9.17) is 34.8 Å². The Hall–Kier alpha value is -1.15. The number of halogens is 3. The third-order valence-electron chi connectivity index (χ3n) is 3.07. The van der Waals surface area contributed by atoms with Crippen molar-refractivity contribution in [1.29, 1.82) is 0 Å². The Bertz CT molecular complexity index is 729. The van der Waals surface area contributed by atoms with E-state index in [-0.39, 0.29) is 0 Å². The Labute approximate surface area is 126 Å². The third kappa shape index (κ3) is 2.59. The Morgan fingerprint density at radius 2 is 1.47 bits per heavy atom. The Balaban J connectivity index is 2.05. The molecule has 3 aromatic rings. The number of rotatable bonds is 2. The van der Waals surface area contributed by atoms with Crippen LogP contribution in [0.2, 0.25) is 15.2 Å². The molecule has 0 amide bonds. The van der Waals surface area contributed by atoms with E-state index in [2.05, 4.69) is 4.57 Å². The number of aromatic nitrogens is 1. The monoisotopic (exact) mass is 309 g/mol. The second kappa shape index (κ2) is 5.09. The Morgan fingerprint density at radius 1 is 0.789 bits per heavy atom. The largest absolute Gasteiger partial charge is 0.327 e. The number of fused-ring (bicyclic) bond motifs is 1. The van der Waals surface area contributed by atoms with Crippen LogP contribution in [0.5, 0.6) is 0 Å². The van der Waals surface area contributed by atoms with E-state index in [0.717, 1.165) is 21.5 Å². The van der Waals surface area contributed by atoms with Gasteiger partial charge in [-0.2, -0.15) is 0 Å².